The molecule has 0 unspecified atom stereocenters. The number of hydrogen-bond donors (Lipinski definition) is 2. The molecule has 0 fully saturated rings. The quantitative estimate of drug-likeness (QED) is 0.508. The predicted octanol–water partition coefficient (Wildman–Crippen LogP) is 1.55. The number of rotatable bonds is 3. The van der Waals surface area contributed by atoms with Crippen LogP contribution < -0.4 is 10.5 Å². The van der Waals surface area contributed by atoms with E-state index in [0.29, 0.717) is 0 Å². The van der Waals surface area contributed by atoms with Crippen LogP contribution in [0.5, 0.6) is 0 Å². The highest BCUT2D eigenvalue weighted by Gasteiger charge is 2.09. The van der Waals surface area contributed by atoms with E-state index in [-0.39, 0.29) is 0 Å². The Balaban J connectivity index is 1.95. The maximum Gasteiger partial charge on any atom is 0.319 e. The van der Waals surface area contributed by atoms with Crippen LogP contribution in [0.15, 0.2) is 28.6 Å². The molecule has 0 aliphatic rings. The van der Waals surface area contributed by atoms with Crippen LogP contribution in [0.4, 0.5) is 0 Å². The highest BCUT2D eigenvalue weighted by molar-refractivity contribution is 8.76. The molecule has 1 heterocycles. The van der Waals surface area contributed by atoms with Crippen molar-refractivity contribution in [1.82, 2.24) is 9.71 Å². The van der Waals surface area contributed by atoms with Crippen molar-refractivity contribution in [2.45, 2.75) is 4.34 Å². The zero-order valence-electron chi connectivity index (χ0n) is 8.38. The number of nitrogens with zero attached hydrogens (tertiary/aromatic N) is 1. The van der Waals surface area contributed by atoms with Gasteiger partial charge in [-0.25, -0.2) is 4.98 Å². The van der Waals surface area contributed by atoms with E-state index in [1.54, 1.807) is 0 Å². The average molecular weight is 285 g/mol. The maximum absolute atomic E-state index is 10.9. The lowest BCUT2D eigenvalue weighted by Gasteiger charge is -1.96. The van der Waals surface area contributed by atoms with Crippen LogP contribution in [-0.2, 0) is 9.59 Å². The van der Waals surface area contributed by atoms with Crippen LogP contribution in [0.1, 0.15) is 0 Å². The number of carbonyl (C=O) groups is 2. The van der Waals surface area contributed by atoms with Gasteiger partial charge in [-0.3, -0.25) is 14.3 Å². The Morgan fingerprint density at radius 3 is 2.82 bits per heavy atom. The minimum Gasteiger partial charge on any atom is -0.361 e. The molecule has 1 aromatic carbocycles. The molecule has 3 N–H and O–H groups in total. The second kappa shape index (κ2) is 5.39. The summed E-state index contributed by atoms with van der Waals surface area (Å²) in [5.41, 5.74) is 5.71. The molecule has 2 aromatic rings. The molecule has 17 heavy (non-hydrogen) atoms. The largest absolute Gasteiger partial charge is 0.361 e. The minimum absolute atomic E-state index is 0.806. The van der Waals surface area contributed by atoms with Crippen molar-refractivity contribution in [2.24, 2.45) is 5.73 Å². The Morgan fingerprint density at radius 2 is 2.12 bits per heavy atom. The third-order valence-electron chi connectivity index (χ3n) is 1.75. The van der Waals surface area contributed by atoms with E-state index in [9.17, 15) is 9.59 Å². The fourth-order valence-electron chi connectivity index (χ4n) is 1.03. The van der Waals surface area contributed by atoms with Gasteiger partial charge in [0.25, 0.3) is 0 Å². The van der Waals surface area contributed by atoms with Crippen LogP contribution in [-0.4, -0.2) is 16.8 Å². The van der Waals surface area contributed by atoms with Crippen LogP contribution in [0.2, 0.25) is 0 Å². The van der Waals surface area contributed by atoms with E-state index >= 15 is 0 Å². The maximum atomic E-state index is 10.9. The van der Waals surface area contributed by atoms with Crippen LogP contribution in [0.3, 0.4) is 0 Å². The summed E-state index contributed by atoms with van der Waals surface area (Å²) in [6.45, 7) is 0. The summed E-state index contributed by atoms with van der Waals surface area (Å²) in [7, 11) is 2.30. The molecule has 0 aliphatic heterocycles. The van der Waals surface area contributed by atoms with E-state index in [0.717, 1.165) is 25.5 Å². The highest BCUT2D eigenvalue weighted by atomic mass is 33.1. The van der Waals surface area contributed by atoms with Gasteiger partial charge in [0.15, 0.2) is 4.34 Å². The molecule has 0 atom stereocenters. The van der Waals surface area contributed by atoms with Crippen LogP contribution in [0.25, 0.3) is 10.2 Å². The predicted molar refractivity (Wildman–Crippen MR) is 70.4 cm³/mol. The number of nitrogens with one attached hydrogen (secondary N) is 1. The van der Waals surface area contributed by atoms with Gasteiger partial charge in [-0.1, -0.05) is 12.1 Å². The highest BCUT2D eigenvalue weighted by Crippen LogP contribution is 2.34. The monoisotopic (exact) mass is 285 g/mol. The van der Waals surface area contributed by atoms with E-state index in [1.807, 2.05) is 24.3 Å². The number of para-hydroxylation sites is 1. The van der Waals surface area contributed by atoms with E-state index in [4.69, 9.17) is 5.73 Å². The van der Waals surface area contributed by atoms with Crippen molar-refractivity contribution in [3.63, 3.8) is 0 Å². The van der Waals surface area contributed by atoms with Crippen LogP contribution >= 0.6 is 33.1 Å². The molecule has 0 saturated carbocycles. The number of thiazole rings is 1. The topological polar surface area (TPSA) is 85.1 Å². The molecule has 0 saturated heterocycles. The van der Waals surface area contributed by atoms with E-state index in [2.05, 4.69) is 9.71 Å². The number of amides is 2. The molecule has 2 rings (SSSR count). The number of aromatic nitrogens is 1. The van der Waals surface area contributed by atoms with E-state index in [1.165, 1.54) is 22.1 Å². The summed E-state index contributed by atoms with van der Waals surface area (Å²) in [6, 6.07) is 7.75. The third-order valence-corrected chi connectivity index (χ3v) is 4.95. The summed E-state index contributed by atoms with van der Waals surface area (Å²) in [6.07, 6.45) is 0. The first kappa shape index (κ1) is 12.2. The van der Waals surface area contributed by atoms with Gasteiger partial charge in [0.1, 0.15) is 0 Å². The Bertz CT molecular complexity index is 536. The summed E-state index contributed by atoms with van der Waals surface area (Å²) >= 11 is 1.52. The second-order valence-electron chi connectivity index (χ2n) is 2.91. The number of carbonyl (C=O) groups excluding carboxylic acids is 2. The van der Waals surface area contributed by atoms with Gasteiger partial charge in [-0.15, -0.1) is 11.3 Å². The first-order valence-electron chi connectivity index (χ1n) is 4.45. The number of fused-ring (bicyclic) bond motifs is 1. The average Bonchev–Trinajstić information content (AvgIpc) is 2.71. The van der Waals surface area contributed by atoms with Gasteiger partial charge < -0.3 is 5.73 Å². The Kier molecular flexibility index (Phi) is 3.87. The summed E-state index contributed by atoms with van der Waals surface area (Å²) in [4.78, 5) is 25.7. The number of nitrogens with two attached hydrogens (primary N) is 1. The van der Waals surface area contributed by atoms with Gasteiger partial charge in [0, 0.05) is 11.0 Å². The van der Waals surface area contributed by atoms with Crippen molar-refractivity contribution in [1.29, 1.82) is 0 Å². The van der Waals surface area contributed by atoms with Crippen molar-refractivity contribution >= 4 is 55.1 Å². The van der Waals surface area contributed by atoms with Crippen molar-refractivity contribution in [3.8, 4) is 0 Å². The van der Waals surface area contributed by atoms with E-state index < -0.39 is 11.8 Å². The fraction of sp³-hybridized carbons (Fsp3) is 0. The van der Waals surface area contributed by atoms with Gasteiger partial charge in [0.2, 0.25) is 0 Å². The molecule has 0 aliphatic carbocycles. The molecule has 88 valence electrons. The molecule has 5 nitrogen and oxygen atoms in total. The Hall–Kier alpha value is -1.25. The fourth-order valence-corrected chi connectivity index (χ4v) is 3.85. The van der Waals surface area contributed by atoms with Gasteiger partial charge in [0.05, 0.1) is 10.2 Å². The van der Waals surface area contributed by atoms with Crippen LogP contribution in [0, 0.1) is 0 Å². The SMILES string of the molecule is NC(=O)C(=O)NSSc1nc2ccccc2s1. The first-order valence-corrected chi connectivity index (χ1v) is 7.42. The standard InChI is InChI=1S/C9H7N3O2S3/c10-7(13)8(14)12-17-16-9-11-5-3-1-2-4-6(5)15-9/h1-4H,(H2,10,13)(H,12,14). The molecule has 8 heteroatoms. The molecule has 0 radical (unpaired) electrons. The second-order valence-corrected chi connectivity index (χ2v) is 6.12. The number of hydrogen-bond acceptors (Lipinski definition) is 6. The Labute approximate surface area is 109 Å². The van der Waals surface area contributed by atoms with Gasteiger partial charge in [-0.05, 0) is 22.9 Å². The number of benzene rings is 1. The zero-order valence-corrected chi connectivity index (χ0v) is 10.8. The molecular formula is C9H7N3O2S3. The lowest BCUT2D eigenvalue weighted by molar-refractivity contribution is -0.136. The first-order chi connectivity index (χ1) is 8.16. The zero-order chi connectivity index (χ0) is 12.3. The lowest BCUT2D eigenvalue weighted by Crippen LogP contribution is -2.31. The van der Waals surface area contributed by atoms with Gasteiger partial charge >= 0.3 is 11.8 Å². The Morgan fingerprint density at radius 1 is 1.35 bits per heavy atom. The van der Waals surface area contributed by atoms with Crippen molar-refractivity contribution in [3.05, 3.63) is 24.3 Å². The molecular weight excluding hydrogens is 278 g/mol. The lowest BCUT2D eigenvalue weighted by atomic mass is 10.3. The van der Waals surface area contributed by atoms with Gasteiger partial charge in [-0.2, -0.15) is 0 Å². The molecule has 0 spiro atoms. The minimum atomic E-state index is -0.998. The smallest absolute Gasteiger partial charge is 0.319 e. The molecule has 0 bridgehead atoms. The number of primary amides is 1. The molecule has 2 amide bonds. The molecule has 1 aromatic heterocycles. The third kappa shape index (κ3) is 3.11. The normalized spacial score (nSPS) is 10.4. The summed E-state index contributed by atoms with van der Waals surface area (Å²) in [5, 5.41) is 0. The van der Waals surface area contributed by atoms with Crippen molar-refractivity contribution < 1.29 is 9.59 Å². The van der Waals surface area contributed by atoms with Crippen molar-refractivity contribution in [2.75, 3.05) is 0 Å². The summed E-state index contributed by atoms with van der Waals surface area (Å²) in [5.74, 6) is -1.81. The summed E-state index contributed by atoms with van der Waals surface area (Å²) < 4.78 is 4.19.